The first kappa shape index (κ1) is 13.1. The minimum atomic E-state index is -0.298. The second-order valence-corrected chi connectivity index (χ2v) is 5.29. The van der Waals surface area contributed by atoms with Crippen LogP contribution in [0.1, 0.15) is 26.3 Å². The van der Waals surface area contributed by atoms with E-state index in [1.54, 1.807) is 13.1 Å². The van der Waals surface area contributed by atoms with Gasteiger partial charge in [-0.15, -0.1) is 0 Å². The van der Waals surface area contributed by atoms with Crippen LogP contribution in [-0.2, 0) is 10.3 Å². The number of carbonyl (C=O) groups excluding carboxylic acids is 1. The molecule has 2 aromatic rings. The van der Waals surface area contributed by atoms with Crippen molar-refractivity contribution < 1.29 is 4.79 Å². The van der Waals surface area contributed by atoms with E-state index in [2.05, 4.69) is 10.3 Å². The highest BCUT2D eigenvalue weighted by Gasteiger charge is 2.21. The first-order valence-electron chi connectivity index (χ1n) is 5.78. The van der Waals surface area contributed by atoms with Gasteiger partial charge in [-0.05, 0) is 32.4 Å². The number of aromatic nitrogens is 2. The molecule has 0 atom stereocenters. The monoisotopic (exact) mass is 265 g/mol. The molecule has 0 saturated heterocycles. The number of imidazole rings is 1. The molecule has 5 heteroatoms. The molecule has 2 aromatic heterocycles. The van der Waals surface area contributed by atoms with Crippen LogP contribution in [0, 0.1) is 0 Å². The molecular formula is C13H16ClN3O. The Morgan fingerprint density at radius 1 is 1.50 bits per heavy atom. The van der Waals surface area contributed by atoms with E-state index in [0.29, 0.717) is 11.7 Å². The molecule has 2 rings (SSSR count). The molecule has 0 fully saturated rings. The summed E-state index contributed by atoms with van der Waals surface area (Å²) in [5, 5.41) is 3.80. The zero-order valence-corrected chi connectivity index (χ0v) is 11.5. The number of hydrogen-bond acceptors (Lipinski definition) is 3. The van der Waals surface area contributed by atoms with E-state index >= 15 is 0 Å². The van der Waals surface area contributed by atoms with E-state index in [-0.39, 0.29) is 11.3 Å². The zero-order valence-electron chi connectivity index (χ0n) is 10.7. The first-order valence-corrected chi connectivity index (χ1v) is 6.15. The van der Waals surface area contributed by atoms with Crippen molar-refractivity contribution in [3.63, 3.8) is 0 Å². The van der Waals surface area contributed by atoms with Gasteiger partial charge in [-0.1, -0.05) is 17.7 Å². The molecule has 96 valence electrons. The normalized spacial score (nSPS) is 12.0. The third kappa shape index (κ3) is 2.54. The van der Waals surface area contributed by atoms with Crippen LogP contribution in [0.2, 0.25) is 5.15 Å². The summed E-state index contributed by atoms with van der Waals surface area (Å²) in [6, 6.07) is 3.91. The highest BCUT2D eigenvalue weighted by atomic mass is 35.5. The molecule has 0 aliphatic carbocycles. The molecule has 0 unspecified atom stereocenters. The Bertz CT molecular complexity index is 589. The predicted octanol–water partition coefficient (Wildman–Crippen LogP) is 2.40. The van der Waals surface area contributed by atoms with Crippen LogP contribution in [0.4, 0.5) is 0 Å². The fraction of sp³-hybridized carbons (Fsp3) is 0.385. The highest BCUT2D eigenvalue weighted by molar-refractivity contribution is 6.29. The van der Waals surface area contributed by atoms with Gasteiger partial charge in [0.25, 0.3) is 0 Å². The number of halogens is 1. The average Bonchev–Trinajstić information content (AvgIpc) is 2.68. The van der Waals surface area contributed by atoms with Crippen molar-refractivity contribution in [1.82, 2.24) is 14.7 Å². The standard InChI is InChI=1S/C13H16ClN3O/c1-9(18)6-16-13(2,3)10-4-5-12-15-7-11(14)17(12)8-10/h4-5,7-8,16H,6H2,1-3H3. The first-order chi connectivity index (χ1) is 8.40. The Labute approximate surface area is 111 Å². The molecule has 0 aromatic carbocycles. The number of rotatable bonds is 4. The number of Topliss-reactive ketones (excluding diaryl/α,β-unsaturated/α-hetero) is 1. The second kappa shape index (κ2) is 4.71. The van der Waals surface area contributed by atoms with Gasteiger partial charge in [-0.2, -0.15) is 0 Å². The lowest BCUT2D eigenvalue weighted by atomic mass is 9.96. The van der Waals surface area contributed by atoms with Crippen molar-refractivity contribution in [2.75, 3.05) is 6.54 Å². The summed E-state index contributed by atoms with van der Waals surface area (Å²) in [5.74, 6) is 0.116. The van der Waals surface area contributed by atoms with Gasteiger partial charge in [0, 0.05) is 11.7 Å². The highest BCUT2D eigenvalue weighted by Crippen LogP contribution is 2.22. The zero-order chi connectivity index (χ0) is 13.3. The van der Waals surface area contributed by atoms with Crippen LogP contribution < -0.4 is 5.32 Å². The van der Waals surface area contributed by atoms with Crippen molar-refractivity contribution in [1.29, 1.82) is 0 Å². The fourth-order valence-corrected chi connectivity index (χ4v) is 1.95. The number of nitrogens with one attached hydrogen (secondary N) is 1. The summed E-state index contributed by atoms with van der Waals surface area (Å²) in [5.41, 5.74) is 1.57. The Morgan fingerprint density at radius 2 is 2.22 bits per heavy atom. The number of fused-ring (bicyclic) bond motifs is 1. The molecule has 4 nitrogen and oxygen atoms in total. The molecule has 0 bridgehead atoms. The molecule has 0 spiro atoms. The largest absolute Gasteiger partial charge is 0.301 e. The van der Waals surface area contributed by atoms with Crippen LogP contribution in [0.25, 0.3) is 5.65 Å². The lowest BCUT2D eigenvalue weighted by Crippen LogP contribution is -2.39. The molecule has 18 heavy (non-hydrogen) atoms. The van der Waals surface area contributed by atoms with Crippen LogP contribution in [0.15, 0.2) is 24.5 Å². The van der Waals surface area contributed by atoms with E-state index < -0.39 is 0 Å². The van der Waals surface area contributed by atoms with Crippen molar-refractivity contribution >= 4 is 23.0 Å². The van der Waals surface area contributed by atoms with Gasteiger partial charge in [0.1, 0.15) is 16.6 Å². The molecule has 1 N–H and O–H groups in total. The Hall–Kier alpha value is -1.39. The summed E-state index contributed by atoms with van der Waals surface area (Å²) in [6.07, 6.45) is 3.56. The van der Waals surface area contributed by atoms with Crippen LogP contribution in [-0.4, -0.2) is 21.7 Å². The molecule has 0 saturated carbocycles. The number of carbonyl (C=O) groups is 1. The number of pyridine rings is 1. The summed E-state index contributed by atoms with van der Waals surface area (Å²) >= 11 is 6.05. The number of nitrogens with zero attached hydrogens (tertiary/aromatic N) is 2. The van der Waals surface area contributed by atoms with Gasteiger partial charge in [0.15, 0.2) is 0 Å². The SMILES string of the molecule is CC(=O)CNC(C)(C)c1ccc2ncc(Cl)n2c1. The second-order valence-electron chi connectivity index (χ2n) is 4.91. The third-order valence-electron chi connectivity index (χ3n) is 2.96. The summed E-state index contributed by atoms with van der Waals surface area (Å²) in [7, 11) is 0. The average molecular weight is 266 g/mol. The third-order valence-corrected chi connectivity index (χ3v) is 3.24. The quantitative estimate of drug-likeness (QED) is 0.923. The van der Waals surface area contributed by atoms with Crippen LogP contribution >= 0.6 is 11.6 Å². The van der Waals surface area contributed by atoms with E-state index in [1.807, 2.05) is 36.6 Å². The maximum absolute atomic E-state index is 11.0. The maximum Gasteiger partial charge on any atom is 0.143 e. The Kier molecular flexibility index (Phi) is 3.41. The van der Waals surface area contributed by atoms with Gasteiger partial charge < -0.3 is 5.32 Å². The minimum absolute atomic E-state index is 0.116. The minimum Gasteiger partial charge on any atom is -0.301 e. The van der Waals surface area contributed by atoms with Gasteiger partial charge in [0.2, 0.25) is 0 Å². The molecule has 0 aliphatic rings. The molecule has 0 amide bonds. The summed E-state index contributed by atoms with van der Waals surface area (Å²) < 4.78 is 1.83. The van der Waals surface area contributed by atoms with Gasteiger partial charge in [-0.3, -0.25) is 9.20 Å². The molecule has 2 heterocycles. The Morgan fingerprint density at radius 3 is 2.89 bits per heavy atom. The lowest BCUT2D eigenvalue weighted by Gasteiger charge is -2.26. The fourth-order valence-electron chi connectivity index (χ4n) is 1.77. The van der Waals surface area contributed by atoms with E-state index in [4.69, 9.17) is 11.6 Å². The number of ketones is 1. The Balaban J connectivity index is 2.34. The van der Waals surface area contributed by atoms with Gasteiger partial charge in [-0.25, -0.2) is 4.98 Å². The predicted molar refractivity (Wildman–Crippen MR) is 71.9 cm³/mol. The van der Waals surface area contributed by atoms with E-state index in [9.17, 15) is 4.79 Å². The van der Waals surface area contributed by atoms with E-state index in [1.165, 1.54) is 0 Å². The van der Waals surface area contributed by atoms with Crippen molar-refractivity contribution in [3.05, 3.63) is 35.2 Å². The van der Waals surface area contributed by atoms with Crippen LogP contribution in [0.5, 0.6) is 0 Å². The smallest absolute Gasteiger partial charge is 0.143 e. The van der Waals surface area contributed by atoms with Crippen LogP contribution in [0.3, 0.4) is 0 Å². The molecule has 0 aliphatic heterocycles. The molecule has 0 radical (unpaired) electrons. The van der Waals surface area contributed by atoms with Crippen molar-refractivity contribution in [2.24, 2.45) is 0 Å². The summed E-state index contributed by atoms with van der Waals surface area (Å²) in [4.78, 5) is 15.2. The lowest BCUT2D eigenvalue weighted by molar-refractivity contribution is -0.116. The maximum atomic E-state index is 11.0. The van der Waals surface area contributed by atoms with Crippen molar-refractivity contribution in [2.45, 2.75) is 26.3 Å². The van der Waals surface area contributed by atoms with Gasteiger partial charge in [0.05, 0.1) is 12.7 Å². The van der Waals surface area contributed by atoms with Crippen molar-refractivity contribution in [3.8, 4) is 0 Å². The van der Waals surface area contributed by atoms with E-state index in [0.717, 1.165) is 11.2 Å². The topological polar surface area (TPSA) is 46.4 Å². The number of hydrogen-bond donors (Lipinski definition) is 1. The van der Waals surface area contributed by atoms with Gasteiger partial charge >= 0.3 is 0 Å². The molecular weight excluding hydrogens is 250 g/mol. The summed E-state index contributed by atoms with van der Waals surface area (Å²) in [6.45, 7) is 5.98.